The summed E-state index contributed by atoms with van der Waals surface area (Å²) in [4.78, 5) is 0. The molecule has 1 aliphatic carbocycles. The predicted octanol–water partition coefficient (Wildman–Crippen LogP) is 4.07. The summed E-state index contributed by atoms with van der Waals surface area (Å²) in [6.07, 6.45) is 5.39. The molecular formula is C15H21ClO. The minimum atomic E-state index is -0.207. The van der Waals surface area contributed by atoms with E-state index in [1.54, 1.807) is 0 Å². The first-order chi connectivity index (χ1) is 8.15. The Morgan fingerprint density at radius 1 is 1.29 bits per heavy atom. The quantitative estimate of drug-likeness (QED) is 0.860. The van der Waals surface area contributed by atoms with Gasteiger partial charge in [0, 0.05) is 5.02 Å². The predicted molar refractivity (Wildman–Crippen MR) is 72.3 cm³/mol. The van der Waals surface area contributed by atoms with Gasteiger partial charge in [-0.15, -0.1) is 0 Å². The number of aliphatic hydroxyl groups is 1. The third-order valence-electron chi connectivity index (χ3n) is 3.94. The van der Waals surface area contributed by atoms with Crippen molar-refractivity contribution >= 4 is 11.6 Å². The lowest BCUT2D eigenvalue weighted by Crippen LogP contribution is -2.26. The standard InChI is InChI=1S/C15H21ClO/c1-11-5-7-13(8-6-11)15(17)10-12-3-2-4-14(16)9-12/h2-4,9,11,13,15,17H,5-8,10H2,1H3. The smallest absolute Gasteiger partial charge is 0.0608 e. The van der Waals surface area contributed by atoms with Crippen LogP contribution in [0.1, 0.15) is 38.2 Å². The summed E-state index contributed by atoms with van der Waals surface area (Å²) in [7, 11) is 0. The van der Waals surface area contributed by atoms with Gasteiger partial charge < -0.3 is 5.11 Å². The molecule has 2 rings (SSSR count). The number of halogens is 1. The second kappa shape index (κ2) is 5.88. The van der Waals surface area contributed by atoms with Crippen LogP contribution in [-0.4, -0.2) is 11.2 Å². The van der Waals surface area contributed by atoms with Crippen molar-refractivity contribution in [3.8, 4) is 0 Å². The first kappa shape index (κ1) is 12.9. The van der Waals surface area contributed by atoms with Crippen LogP contribution in [0.5, 0.6) is 0 Å². The fourth-order valence-electron chi connectivity index (χ4n) is 2.74. The molecule has 0 saturated heterocycles. The highest BCUT2D eigenvalue weighted by Gasteiger charge is 2.24. The highest BCUT2D eigenvalue weighted by Crippen LogP contribution is 2.31. The SMILES string of the molecule is CC1CCC(C(O)Cc2cccc(Cl)c2)CC1. The van der Waals surface area contributed by atoms with Gasteiger partial charge >= 0.3 is 0 Å². The fourth-order valence-corrected chi connectivity index (χ4v) is 2.96. The van der Waals surface area contributed by atoms with E-state index >= 15 is 0 Å². The fraction of sp³-hybridized carbons (Fsp3) is 0.600. The minimum absolute atomic E-state index is 0.207. The third kappa shape index (κ3) is 3.72. The van der Waals surface area contributed by atoms with Crippen LogP contribution in [0, 0.1) is 11.8 Å². The molecule has 1 aromatic carbocycles. The highest BCUT2D eigenvalue weighted by atomic mass is 35.5. The lowest BCUT2D eigenvalue weighted by molar-refractivity contribution is 0.0761. The van der Waals surface area contributed by atoms with Crippen molar-refractivity contribution in [3.05, 3.63) is 34.9 Å². The zero-order chi connectivity index (χ0) is 12.3. The highest BCUT2D eigenvalue weighted by molar-refractivity contribution is 6.30. The topological polar surface area (TPSA) is 20.2 Å². The number of aliphatic hydroxyl groups excluding tert-OH is 1. The molecule has 0 aromatic heterocycles. The molecule has 1 saturated carbocycles. The van der Waals surface area contributed by atoms with Crippen molar-refractivity contribution in [2.75, 3.05) is 0 Å². The Balaban J connectivity index is 1.90. The summed E-state index contributed by atoms with van der Waals surface area (Å²) in [6.45, 7) is 2.31. The maximum Gasteiger partial charge on any atom is 0.0608 e. The van der Waals surface area contributed by atoms with Crippen LogP contribution in [0.3, 0.4) is 0 Å². The van der Waals surface area contributed by atoms with E-state index in [9.17, 15) is 5.11 Å². The van der Waals surface area contributed by atoms with Crippen molar-refractivity contribution < 1.29 is 5.11 Å². The Morgan fingerprint density at radius 2 is 2.00 bits per heavy atom. The number of hydrogen-bond donors (Lipinski definition) is 1. The zero-order valence-electron chi connectivity index (χ0n) is 10.4. The summed E-state index contributed by atoms with van der Waals surface area (Å²) in [5.74, 6) is 1.31. The van der Waals surface area contributed by atoms with Gasteiger partial charge in [-0.05, 0) is 48.8 Å². The molecule has 1 aliphatic rings. The van der Waals surface area contributed by atoms with E-state index < -0.39 is 0 Å². The lowest BCUT2D eigenvalue weighted by Gasteiger charge is -2.29. The van der Waals surface area contributed by atoms with Gasteiger partial charge in [0.25, 0.3) is 0 Å². The largest absolute Gasteiger partial charge is 0.392 e. The van der Waals surface area contributed by atoms with Crippen LogP contribution in [-0.2, 0) is 6.42 Å². The number of rotatable bonds is 3. The van der Waals surface area contributed by atoms with Gasteiger partial charge in [0.05, 0.1) is 6.10 Å². The maximum absolute atomic E-state index is 10.3. The van der Waals surface area contributed by atoms with Gasteiger partial charge in [-0.2, -0.15) is 0 Å². The summed E-state index contributed by atoms with van der Waals surface area (Å²) < 4.78 is 0. The van der Waals surface area contributed by atoms with E-state index in [-0.39, 0.29) is 6.10 Å². The van der Waals surface area contributed by atoms with Crippen LogP contribution >= 0.6 is 11.6 Å². The molecule has 1 unspecified atom stereocenters. The van der Waals surface area contributed by atoms with Gasteiger partial charge in [-0.3, -0.25) is 0 Å². The Morgan fingerprint density at radius 3 is 2.65 bits per heavy atom. The molecule has 0 spiro atoms. The summed E-state index contributed by atoms with van der Waals surface area (Å²) in [5.41, 5.74) is 1.14. The maximum atomic E-state index is 10.3. The van der Waals surface area contributed by atoms with Crippen molar-refractivity contribution in [3.63, 3.8) is 0 Å². The molecular weight excluding hydrogens is 232 g/mol. The Kier molecular flexibility index (Phi) is 4.47. The molecule has 1 aromatic rings. The first-order valence-corrected chi connectivity index (χ1v) is 6.95. The van der Waals surface area contributed by atoms with Crippen molar-refractivity contribution in [1.82, 2.24) is 0 Å². The van der Waals surface area contributed by atoms with Crippen LogP contribution in [0.2, 0.25) is 5.02 Å². The van der Waals surface area contributed by atoms with Crippen LogP contribution < -0.4 is 0 Å². The van der Waals surface area contributed by atoms with Gasteiger partial charge in [-0.25, -0.2) is 0 Å². The molecule has 0 bridgehead atoms. The second-order valence-corrected chi connectivity index (χ2v) is 5.86. The molecule has 0 amide bonds. The normalized spacial score (nSPS) is 26.8. The number of benzene rings is 1. The lowest BCUT2D eigenvalue weighted by atomic mass is 9.79. The van der Waals surface area contributed by atoms with Gasteiger partial charge in [0.15, 0.2) is 0 Å². The molecule has 1 atom stereocenters. The summed E-state index contributed by atoms with van der Waals surface area (Å²) in [6, 6.07) is 7.82. The molecule has 94 valence electrons. The van der Waals surface area contributed by atoms with E-state index in [0.29, 0.717) is 5.92 Å². The second-order valence-electron chi connectivity index (χ2n) is 5.42. The monoisotopic (exact) mass is 252 g/mol. The Labute approximate surface area is 109 Å². The molecule has 17 heavy (non-hydrogen) atoms. The molecule has 0 radical (unpaired) electrons. The van der Waals surface area contributed by atoms with Gasteiger partial charge in [-0.1, -0.05) is 43.5 Å². The van der Waals surface area contributed by atoms with Crippen molar-refractivity contribution in [1.29, 1.82) is 0 Å². The van der Waals surface area contributed by atoms with E-state index in [1.165, 1.54) is 25.7 Å². The van der Waals surface area contributed by atoms with E-state index in [1.807, 2.05) is 24.3 Å². The number of hydrogen-bond acceptors (Lipinski definition) is 1. The molecule has 0 aliphatic heterocycles. The van der Waals surface area contributed by atoms with E-state index in [0.717, 1.165) is 22.9 Å². The molecule has 1 fully saturated rings. The minimum Gasteiger partial charge on any atom is -0.392 e. The molecule has 0 heterocycles. The molecule has 1 N–H and O–H groups in total. The van der Waals surface area contributed by atoms with Gasteiger partial charge in [0.2, 0.25) is 0 Å². The first-order valence-electron chi connectivity index (χ1n) is 6.57. The van der Waals surface area contributed by atoms with Crippen LogP contribution in [0.25, 0.3) is 0 Å². The van der Waals surface area contributed by atoms with Crippen molar-refractivity contribution in [2.24, 2.45) is 11.8 Å². The van der Waals surface area contributed by atoms with Crippen LogP contribution in [0.4, 0.5) is 0 Å². The Bertz CT molecular complexity index is 356. The van der Waals surface area contributed by atoms with Gasteiger partial charge in [0.1, 0.15) is 0 Å². The average molecular weight is 253 g/mol. The average Bonchev–Trinajstić information content (AvgIpc) is 2.29. The molecule has 1 nitrogen and oxygen atoms in total. The van der Waals surface area contributed by atoms with E-state index in [2.05, 4.69) is 6.92 Å². The third-order valence-corrected chi connectivity index (χ3v) is 4.17. The van der Waals surface area contributed by atoms with E-state index in [4.69, 9.17) is 11.6 Å². The Hall–Kier alpha value is -0.530. The summed E-state index contributed by atoms with van der Waals surface area (Å²) in [5, 5.41) is 11.0. The van der Waals surface area contributed by atoms with Crippen LogP contribution in [0.15, 0.2) is 24.3 Å². The summed E-state index contributed by atoms with van der Waals surface area (Å²) >= 11 is 5.95. The van der Waals surface area contributed by atoms with Crippen molar-refractivity contribution in [2.45, 2.75) is 45.1 Å². The molecule has 2 heteroatoms. The zero-order valence-corrected chi connectivity index (χ0v) is 11.2.